The monoisotopic (exact) mass is 499 g/mol. The Kier molecular flexibility index (Phi) is 7.57. The molecule has 0 aliphatic rings. The van der Waals surface area contributed by atoms with Crippen LogP contribution in [0.3, 0.4) is 0 Å². The van der Waals surface area contributed by atoms with Crippen LogP contribution in [-0.4, -0.2) is 32.9 Å². The summed E-state index contributed by atoms with van der Waals surface area (Å²) in [5, 5.41) is 21.5. The van der Waals surface area contributed by atoms with Crippen molar-refractivity contribution in [2.45, 2.75) is 6.92 Å². The molecule has 2 amide bonds. The lowest BCUT2D eigenvalue weighted by atomic mass is 10.1. The summed E-state index contributed by atoms with van der Waals surface area (Å²) in [7, 11) is 0. The lowest BCUT2D eigenvalue weighted by molar-refractivity contribution is -0.117. The number of rotatable bonds is 7. The highest BCUT2D eigenvalue weighted by Crippen LogP contribution is 2.22. The molecule has 0 spiro atoms. The predicted molar refractivity (Wildman–Crippen MR) is 139 cm³/mol. The van der Waals surface area contributed by atoms with Crippen LogP contribution in [0.5, 0.6) is 5.75 Å². The van der Waals surface area contributed by atoms with Crippen LogP contribution in [0.15, 0.2) is 95.7 Å². The molecule has 0 fully saturated rings. The smallest absolute Gasteiger partial charge is 0.287 e. The Labute approximate surface area is 212 Å². The third kappa shape index (κ3) is 5.68. The third-order valence-corrected chi connectivity index (χ3v) is 5.54. The van der Waals surface area contributed by atoms with E-state index < -0.39 is 11.8 Å². The second kappa shape index (κ2) is 11.2. The van der Waals surface area contributed by atoms with Gasteiger partial charge in [0.2, 0.25) is 0 Å². The molecule has 0 radical (unpaired) electrons. The van der Waals surface area contributed by atoms with Gasteiger partial charge in [0, 0.05) is 11.1 Å². The van der Waals surface area contributed by atoms with Crippen molar-refractivity contribution in [3.8, 4) is 11.4 Å². The van der Waals surface area contributed by atoms with E-state index in [2.05, 4.69) is 20.9 Å². The van der Waals surface area contributed by atoms with Crippen molar-refractivity contribution in [3.05, 3.63) is 118 Å². The second-order valence-corrected chi connectivity index (χ2v) is 8.03. The Hall–Kier alpha value is -4.69. The van der Waals surface area contributed by atoms with E-state index in [4.69, 9.17) is 11.6 Å². The summed E-state index contributed by atoms with van der Waals surface area (Å²) < 4.78 is 1.57. The van der Waals surface area contributed by atoms with Crippen molar-refractivity contribution in [3.63, 3.8) is 0 Å². The van der Waals surface area contributed by atoms with Crippen LogP contribution in [0.4, 0.5) is 0 Å². The van der Waals surface area contributed by atoms with Crippen LogP contribution in [0.25, 0.3) is 11.8 Å². The Morgan fingerprint density at radius 1 is 0.972 bits per heavy atom. The van der Waals surface area contributed by atoms with E-state index in [1.54, 1.807) is 60.1 Å². The third-order valence-electron chi connectivity index (χ3n) is 5.17. The van der Waals surface area contributed by atoms with E-state index in [9.17, 15) is 14.7 Å². The quantitative estimate of drug-likeness (QED) is 0.198. The summed E-state index contributed by atoms with van der Waals surface area (Å²) in [6.45, 7) is 1.78. The van der Waals surface area contributed by atoms with Gasteiger partial charge in [-0.25, -0.2) is 10.1 Å². The van der Waals surface area contributed by atoms with E-state index in [-0.39, 0.29) is 11.4 Å². The lowest BCUT2D eigenvalue weighted by Gasteiger charge is -2.09. The van der Waals surface area contributed by atoms with E-state index >= 15 is 0 Å². The van der Waals surface area contributed by atoms with E-state index in [1.165, 1.54) is 18.4 Å². The van der Waals surface area contributed by atoms with Crippen molar-refractivity contribution in [1.82, 2.24) is 20.5 Å². The number of benzene rings is 3. The van der Waals surface area contributed by atoms with E-state index in [0.717, 1.165) is 5.69 Å². The maximum atomic E-state index is 13.0. The summed E-state index contributed by atoms with van der Waals surface area (Å²) in [5.74, 6) is -1.22. The van der Waals surface area contributed by atoms with E-state index in [1.807, 2.05) is 30.3 Å². The van der Waals surface area contributed by atoms with E-state index in [0.29, 0.717) is 27.5 Å². The number of carbonyl (C=O) groups is 2. The molecule has 0 unspecified atom stereocenters. The predicted octanol–water partition coefficient (Wildman–Crippen LogP) is 4.46. The fourth-order valence-corrected chi connectivity index (χ4v) is 3.64. The molecule has 36 heavy (non-hydrogen) atoms. The number of phenolic OH excluding ortho intramolecular Hbond substituents is 1. The number of hydrazone groups is 1. The first-order chi connectivity index (χ1) is 17.4. The Morgan fingerprint density at radius 2 is 1.61 bits per heavy atom. The average molecular weight is 500 g/mol. The zero-order chi connectivity index (χ0) is 25.5. The van der Waals surface area contributed by atoms with Crippen LogP contribution < -0.4 is 10.7 Å². The first-order valence-electron chi connectivity index (χ1n) is 10.9. The number of aryl methyl sites for hydroxylation is 1. The number of nitrogens with one attached hydrogen (secondary N) is 2. The number of hydrogen-bond acceptors (Lipinski definition) is 5. The van der Waals surface area contributed by atoms with Crippen LogP contribution in [0, 0.1) is 6.92 Å². The molecule has 3 N–H and O–H groups in total. The van der Waals surface area contributed by atoms with Gasteiger partial charge >= 0.3 is 0 Å². The second-order valence-electron chi connectivity index (χ2n) is 7.67. The maximum absolute atomic E-state index is 13.0. The fourth-order valence-electron chi connectivity index (χ4n) is 3.32. The molecule has 0 aliphatic heterocycles. The molecule has 0 aliphatic carbocycles. The van der Waals surface area contributed by atoms with Crippen LogP contribution in [0.2, 0.25) is 5.15 Å². The summed E-state index contributed by atoms with van der Waals surface area (Å²) in [5.41, 5.74) is 4.94. The number of aromatic nitrogens is 2. The Morgan fingerprint density at radius 3 is 2.31 bits per heavy atom. The largest absolute Gasteiger partial charge is 0.507 e. The standard InChI is InChI=1S/C27H22ClN5O3/c1-18-22(25(28)33(32-18)21-13-6-3-7-14-21)17-29-31-27(36)23(16-20-12-8-9-15-24(20)34)30-26(35)19-10-4-2-5-11-19/h2-17,34H,1H3,(H,30,35)(H,31,36). The molecule has 1 heterocycles. The fraction of sp³-hybridized carbons (Fsp3) is 0.0370. The Balaban J connectivity index is 1.57. The maximum Gasteiger partial charge on any atom is 0.287 e. The van der Waals surface area contributed by atoms with Gasteiger partial charge < -0.3 is 10.4 Å². The Bertz CT molecular complexity index is 1450. The molecule has 180 valence electrons. The van der Waals surface area contributed by atoms with Crippen molar-refractivity contribution in [2.24, 2.45) is 5.10 Å². The molecular weight excluding hydrogens is 478 g/mol. The zero-order valence-corrected chi connectivity index (χ0v) is 20.0. The minimum Gasteiger partial charge on any atom is -0.507 e. The molecule has 1 aromatic heterocycles. The molecule has 3 aromatic carbocycles. The highest BCUT2D eigenvalue weighted by molar-refractivity contribution is 6.32. The summed E-state index contributed by atoms with van der Waals surface area (Å²) in [6, 6.07) is 24.3. The van der Waals surface area contributed by atoms with Crippen molar-refractivity contribution >= 4 is 35.7 Å². The van der Waals surface area contributed by atoms with Gasteiger partial charge in [-0.1, -0.05) is 66.2 Å². The zero-order valence-electron chi connectivity index (χ0n) is 19.2. The topological polar surface area (TPSA) is 109 Å². The minimum atomic E-state index is -0.692. The van der Waals surface area contributed by atoms with Gasteiger partial charge in [0.1, 0.15) is 16.6 Å². The molecule has 0 saturated heterocycles. The summed E-state index contributed by atoms with van der Waals surface area (Å²) in [6.07, 6.45) is 2.76. The van der Waals surface area contributed by atoms with Crippen LogP contribution >= 0.6 is 11.6 Å². The SMILES string of the molecule is Cc1nn(-c2ccccc2)c(Cl)c1C=NNC(=O)C(=Cc1ccccc1O)NC(=O)c1ccccc1. The van der Waals surface area contributed by atoms with Gasteiger partial charge in [0.25, 0.3) is 11.8 Å². The van der Waals surface area contributed by atoms with Gasteiger partial charge in [-0.05, 0) is 43.3 Å². The minimum absolute atomic E-state index is 0.0454. The van der Waals surface area contributed by atoms with Crippen molar-refractivity contribution in [1.29, 1.82) is 0 Å². The molecule has 0 bridgehead atoms. The van der Waals surface area contributed by atoms with Crippen LogP contribution in [-0.2, 0) is 4.79 Å². The number of para-hydroxylation sites is 2. The highest BCUT2D eigenvalue weighted by atomic mass is 35.5. The first-order valence-corrected chi connectivity index (χ1v) is 11.3. The van der Waals surface area contributed by atoms with Gasteiger partial charge in [0.15, 0.2) is 0 Å². The highest BCUT2D eigenvalue weighted by Gasteiger charge is 2.16. The number of nitrogens with zero attached hydrogens (tertiary/aromatic N) is 3. The van der Waals surface area contributed by atoms with Gasteiger partial charge in [0.05, 0.1) is 23.2 Å². The molecule has 9 heteroatoms. The van der Waals surface area contributed by atoms with Gasteiger partial charge in [-0.15, -0.1) is 0 Å². The number of phenols is 1. The van der Waals surface area contributed by atoms with Gasteiger partial charge in [-0.3, -0.25) is 9.59 Å². The lowest BCUT2D eigenvalue weighted by Crippen LogP contribution is -2.32. The number of amides is 2. The normalized spacial score (nSPS) is 11.4. The first kappa shape index (κ1) is 24.4. The average Bonchev–Trinajstić information content (AvgIpc) is 3.19. The number of aromatic hydroxyl groups is 1. The number of carbonyl (C=O) groups excluding carboxylic acids is 2. The molecule has 0 saturated carbocycles. The van der Waals surface area contributed by atoms with Gasteiger partial charge in [-0.2, -0.15) is 10.2 Å². The molecule has 8 nitrogen and oxygen atoms in total. The molecule has 4 aromatic rings. The number of halogens is 1. The molecular formula is C27H22ClN5O3. The molecule has 0 atom stereocenters. The summed E-state index contributed by atoms with van der Waals surface area (Å²) >= 11 is 6.50. The summed E-state index contributed by atoms with van der Waals surface area (Å²) in [4.78, 5) is 25.7. The van der Waals surface area contributed by atoms with Crippen molar-refractivity contribution in [2.75, 3.05) is 0 Å². The molecule has 4 rings (SSSR count). The van der Waals surface area contributed by atoms with Crippen LogP contribution in [0.1, 0.15) is 27.2 Å². The van der Waals surface area contributed by atoms with Crippen molar-refractivity contribution < 1.29 is 14.7 Å². The number of hydrogen-bond donors (Lipinski definition) is 3.